The summed E-state index contributed by atoms with van der Waals surface area (Å²) in [6, 6.07) is 0.588. The van der Waals surface area contributed by atoms with Crippen molar-refractivity contribution in [2.45, 2.75) is 32.7 Å². The van der Waals surface area contributed by atoms with E-state index in [1.54, 1.807) is 7.11 Å². The number of nitrogens with one attached hydrogen (secondary N) is 1. The van der Waals surface area contributed by atoms with Crippen LogP contribution in [0.15, 0.2) is 0 Å². The maximum Gasteiger partial charge on any atom is 0.0700 e. The predicted molar refractivity (Wildman–Crippen MR) is 75.0 cm³/mol. The molecule has 0 aliphatic carbocycles. The molecule has 2 atom stereocenters. The molecule has 1 fully saturated rings. The van der Waals surface area contributed by atoms with E-state index < -0.39 is 0 Å². The van der Waals surface area contributed by atoms with Gasteiger partial charge in [0.05, 0.1) is 19.8 Å². The van der Waals surface area contributed by atoms with Gasteiger partial charge < -0.3 is 19.7 Å². The fourth-order valence-electron chi connectivity index (χ4n) is 2.56. The normalized spacial score (nSPS) is 23.2. The molecule has 1 aliphatic heterocycles. The van der Waals surface area contributed by atoms with Crippen LogP contribution in [0.5, 0.6) is 0 Å². The third kappa shape index (κ3) is 6.14. The molecule has 0 radical (unpaired) electrons. The Morgan fingerprint density at radius 2 is 2.17 bits per heavy atom. The molecule has 0 bridgehead atoms. The zero-order valence-corrected chi connectivity index (χ0v) is 12.3. The Morgan fingerprint density at radius 1 is 1.33 bits per heavy atom. The maximum atomic E-state index is 5.46. The summed E-state index contributed by atoms with van der Waals surface area (Å²) in [5.41, 5.74) is 0. The molecule has 1 rings (SSSR count). The van der Waals surface area contributed by atoms with E-state index in [9.17, 15) is 0 Å². The lowest BCUT2D eigenvalue weighted by Gasteiger charge is -2.35. The third-order valence-electron chi connectivity index (χ3n) is 3.84. The molecule has 108 valence electrons. The molecule has 0 saturated carbocycles. The number of piperidine rings is 1. The van der Waals surface area contributed by atoms with Gasteiger partial charge in [0.1, 0.15) is 0 Å². The van der Waals surface area contributed by atoms with Crippen LogP contribution in [0, 0.1) is 5.92 Å². The summed E-state index contributed by atoms with van der Waals surface area (Å²) in [5, 5.41) is 3.58. The van der Waals surface area contributed by atoms with Crippen molar-refractivity contribution in [3.63, 3.8) is 0 Å². The molecule has 1 N–H and O–H groups in total. The fraction of sp³-hybridized carbons (Fsp3) is 1.00. The molecule has 1 saturated heterocycles. The molecule has 0 spiro atoms. The van der Waals surface area contributed by atoms with Crippen molar-refractivity contribution in [3.05, 3.63) is 0 Å². The van der Waals surface area contributed by atoms with Crippen LogP contribution in [-0.2, 0) is 9.47 Å². The van der Waals surface area contributed by atoms with Crippen molar-refractivity contribution in [2.24, 2.45) is 5.92 Å². The first-order valence-corrected chi connectivity index (χ1v) is 7.30. The molecular formula is C14H30N2O2. The minimum atomic E-state index is 0.588. The number of methoxy groups -OCH3 is 1. The number of hydrogen-bond acceptors (Lipinski definition) is 4. The first-order valence-electron chi connectivity index (χ1n) is 7.30. The Morgan fingerprint density at radius 3 is 2.89 bits per heavy atom. The fourth-order valence-corrected chi connectivity index (χ4v) is 2.56. The highest BCUT2D eigenvalue weighted by Crippen LogP contribution is 2.19. The van der Waals surface area contributed by atoms with Crippen LogP contribution in [0.4, 0.5) is 0 Å². The number of likely N-dealkylation sites (tertiary alicyclic amines) is 1. The molecule has 0 aromatic rings. The van der Waals surface area contributed by atoms with Gasteiger partial charge in [0.15, 0.2) is 0 Å². The third-order valence-corrected chi connectivity index (χ3v) is 3.84. The smallest absolute Gasteiger partial charge is 0.0700 e. The first-order chi connectivity index (χ1) is 8.77. The number of nitrogens with zero attached hydrogens (tertiary/aromatic N) is 1. The van der Waals surface area contributed by atoms with Crippen molar-refractivity contribution in [3.8, 4) is 0 Å². The lowest BCUT2D eigenvalue weighted by Crippen LogP contribution is -2.45. The van der Waals surface area contributed by atoms with Gasteiger partial charge in [-0.3, -0.25) is 0 Å². The number of ether oxygens (including phenoxy) is 2. The van der Waals surface area contributed by atoms with Gasteiger partial charge in [0.2, 0.25) is 0 Å². The summed E-state index contributed by atoms with van der Waals surface area (Å²) in [6.45, 7) is 11.4. The first kappa shape index (κ1) is 15.9. The Balaban J connectivity index is 2.06. The van der Waals surface area contributed by atoms with E-state index in [2.05, 4.69) is 24.1 Å². The van der Waals surface area contributed by atoms with Crippen LogP contribution in [0.3, 0.4) is 0 Å². The van der Waals surface area contributed by atoms with Crippen LogP contribution in [0.2, 0.25) is 0 Å². The van der Waals surface area contributed by atoms with E-state index in [0.717, 1.165) is 19.1 Å². The number of rotatable bonds is 9. The van der Waals surface area contributed by atoms with Gasteiger partial charge in [-0.25, -0.2) is 0 Å². The quantitative estimate of drug-likeness (QED) is 0.633. The minimum Gasteiger partial charge on any atom is -0.382 e. The second-order valence-corrected chi connectivity index (χ2v) is 5.14. The van der Waals surface area contributed by atoms with Gasteiger partial charge in [0.25, 0.3) is 0 Å². The van der Waals surface area contributed by atoms with Crippen LogP contribution in [0.1, 0.15) is 26.7 Å². The largest absolute Gasteiger partial charge is 0.382 e. The van der Waals surface area contributed by atoms with Gasteiger partial charge in [-0.1, -0.05) is 6.92 Å². The van der Waals surface area contributed by atoms with Gasteiger partial charge >= 0.3 is 0 Å². The Kier molecular flexibility index (Phi) is 8.59. The molecule has 18 heavy (non-hydrogen) atoms. The molecule has 0 amide bonds. The van der Waals surface area contributed by atoms with Crippen molar-refractivity contribution in [2.75, 3.05) is 53.1 Å². The lowest BCUT2D eigenvalue weighted by atomic mass is 9.91. The summed E-state index contributed by atoms with van der Waals surface area (Å²) in [4.78, 5) is 2.56. The van der Waals surface area contributed by atoms with Crippen molar-refractivity contribution >= 4 is 0 Å². The van der Waals surface area contributed by atoms with Crippen LogP contribution >= 0.6 is 0 Å². The van der Waals surface area contributed by atoms with Gasteiger partial charge in [-0.05, 0) is 38.8 Å². The van der Waals surface area contributed by atoms with Gasteiger partial charge in [-0.15, -0.1) is 0 Å². The summed E-state index contributed by atoms with van der Waals surface area (Å²) in [5.74, 6) is 0.790. The zero-order valence-electron chi connectivity index (χ0n) is 12.3. The number of hydrogen-bond donors (Lipinski definition) is 1. The van der Waals surface area contributed by atoms with E-state index >= 15 is 0 Å². The Labute approximate surface area is 112 Å². The maximum absolute atomic E-state index is 5.46. The van der Waals surface area contributed by atoms with Crippen LogP contribution < -0.4 is 5.32 Å². The molecule has 0 aromatic carbocycles. The van der Waals surface area contributed by atoms with E-state index in [-0.39, 0.29) is 0 Å². The second-order valence-electron chi connectivity index (χ2n) is 5.14. The summed E-state index contributed by atoms with van der Waals surface area (Å²) < 4.78 is 10.4. The average Bonchev–Trinajstić information content (AvgIpc) is 2.42. The lowest BCUT2D eigenvalue weighted by molar-refractivity contribution is 0.0691. The highest BCUT2D eigenvalue weighted by molar-refractivity contribution is 4.79. The van der Waals surface area contributed by atoms with Crippen LogP contribution in [-0.4, -0.2) is 64.1 Å². The van der Waals surface area contributed by atoms with Crippen molar-refractivity contribution in [1.29, 1.82) is 0 Å². The highest BCUT2D eigenvalue weighted by Gasteiger charge is 2.23. The highest BCUT2D eigenvalue weighted by atomic mass is 16.5. The standard InChI is InChI=1S/C14H30N2O2/c1-4-16-8-5-6-14(12-16)13(2)15-7-9-18-11-10-17-3/h13-15H,4-12H2,1-3H3. The molecule has 4 nitrogen and oxygen atoms in total. The van der Waals surface area contributed by atoms with E-state index in [0.29, 0.717) is 19.3 Å². The van der Waals surface area contributed by atoms with Crippen LogP contribution in [0.25, 0.3) is 0 Å². The van der Waals surface area contributed by atoms with E-state index in [1.807, 2.05) is 0 Å². The second kappa shape index (κ2) is 9.73. The van der Waals surface area contributed by atoms with Crippen molar-refractivity contribution < 1.29 is 9.47 Å². The molecule has 0 aromatic heterocycles. The molecule has 1 aliphatic rings. The molecule has 4 heteroatoms. The Bertz CT molecular complexity index is 202. The van der Waals surface area contributed by atoms with Crippen molar-refractivity contribution in [1.82, 2.24) is 10.2 Å². The Hall–Kier alpha value is -0.160. The zero-order chi connectivity index (χ0) is 13.2. The average molecular weight is 258 g/mol. The monoisotopic (exact) mass is 258 g/mol. The molecule has 2 unspecified atom stereocenters. The summed E-state index contributed by atoms with van der Waals surface area (Å²) in [7, 11) is 1.70. The van der Waals surface area contributed by atoms with E-state index in [4.69, 9.17) is 9.47 Å². The summed E-state index contributed by atoms with van der Waals surface area (Å²) >= 11 is 0. The minimum absolute atomic E-state index is 0.588. The van der Waals surface area contributed by atoms with Gasteiger partial charge in [0, 0.05) is 26.2 Å². The summed E-state index contributed by atoms with van der Waals surface area (Å²) in [6.07, 6.45) is 2.70. The van der Waals surface area contributed by atoms with E-state index in [1.165, 1.54) is 32.5 Å². The van der Waals surface area contributed by atoms with Gasteiger partial charge in [-0.2, -0.15) is 0 Å². The molecular weight excluding hydrogens is 228 g/mol. The predicted octanol–water partition coefficient (Wildman–Crippen LogP) is 1.36. The SMILES string of the molecule is CCN1CCCC(C(C)NCCOCCOC)C1. The molecule has 1 heterocycles. The topological polar surface area (TPSA) is 33.7 Å².